The molecule has 0 spiro atoms. The van der Waals surface area contributed by atoms with Crippen molar-refractivity contribution in [3.8, 4) is 0 Å². The summed E-state index contributed by atoms with van der Waals surface area (Å²) in [6, 6.07) is 20.7. The van der Waals surface area contributed by atoms with Crippen molar-refractivity contribution in [2.75, 3.05) is 25.6 Å². The maximum Gasteiger partial charge on any atom is 0.301 e. The van der Waals surface area contributed by atoms with E-state index >= 15 is 0 Å². The van der Waals surface area contributed by atoms with Crippen molar-refractivity contribution in [3.63, 3.8) is 0 Å². The van der Waals surface area contributed by atoms with Gasteiger partial charge in [0.25, 0.3) is 5.91 Å². The van der Waals surface area contributed by atoms with Crippen LogP contribution in [0.3, 0.4) is 0 Å². The van der Waals surface area contributed by atoms with E-state index in [1.54, 1.807) is 37.4 Å². The summed E-state index contributed by atoms with van der Waals surface area (Å²) in [6.07, 6.45) is 3.92. The third kappa shape index (κ3) is 6.90. The summed E-state index contributed by atoms with van der Waals surface area (Å²) in [5.74, 6) is -4.22. The first-order valence-electron chi connectivity index (χ1n) is 14.1. The number of para-hydroxylation sites is 1. The third-order valence-electron chi connectivity index (χ3n) is 8.14. The number of benzene rings is 3. The fraction of sp³-hybridized carbons (Fsp3) is 0.375. The van der Waals surface area contributed by atoms with Crippen LogP contribution in [0.25, 0.3) is 0 Å². The second kappa shape index (κ2) is 12.8. The zero-order chi connectivity index (χ0) is 29.9. The number of carbonyl (C=O) groups is 2. The SMILES string of the molecule is CN(CC(=O)N[C@@H]1C[C@H]2CC[C@@H](C1)N2Cc1ccc(Cl)cc1)C(=O)c1ccccc1Nc1cccc(C(F)(F)CF)c1. The Hall–Kier alpha value is -3.56. The van der Waals surface area contributed by atoms with Gasteiger partial charge in [-0.2, -0.15) is 8.78 Å². The Morgan fingerprint density at radius 1 is 1.00 bits per heavy atom. The minimum atomic E-state index is -3.60. The van der Waals surface area contributed by atoms with Gasteiger partial charge in [0, 0.05) is 48.0 Å². The Kier molecular flexibility index (Phi) is 9.08. The molecule has 3 aromatic carbocycles. The van der Waals surface area contributed by atoms with E-state index in [4.69, 9.17) is 11.6 Å². The molecule has 2 saturated heterocycles. The van der Waals surface area contributed by atoms with E-state index in [0.717, 1.165) is 49.4 Å². The molecule has 0 unspecified atom stereocenters. The number of anilines is 2. The van der Waals surface area contributed by atoms with Gasteiger partial charge in [0.15, 0.2) is 6.67 Å². The topological polar surface area (TPSA) is 64.7 Å². The van der Waals surface area contributed by atoms with Crippen LogP contribution in [0.15, 0.2) is 72.8 Å². The fourth-order valence-electron chi connectivity index (χ4n) is 6.05. The lowest BCUT2D eigenvalue weighted by Gasteiger charge is -2.39. The van der Waals surface area contributed by atoms with Crippen LogP contribution >= 0.6 is 11.6 Å². The second-order valence-corrected chi connectivity index (χ2v) is 11.6. The van der Waals surface area contributed by atoms with Crippen LogP contribution in [0.2, 0.25) is 5.02 Å². The quantitative estimate of drug-likeness (QED) is 0.279. The van der Waals surface area contributed by atoms with Crippen LogP contribution in [-0.2, 0) is 17.3 Å². The number of likely N-dealkylation sites (N-methyl/N-ethyl adjacent to an activating group) is 1. The monoisotopic (exact) mass is 598 g/mol. The molecule has 2 aliphatic heterocycles. The maximum atomic E-state index is 13.9. The number of carbonyl (C=O) groups excluding carboxylic acids is 2. The molecule has 2 aliphatic rings. The van der Waals surface area contributed by atoms with E-state index in [2.05, 4.69) is 27.7 Å². The first-order valence-corrected chi connectivity index (χ1v) is 14.5. The molecule has 0 saturated carbocycles. The number of amides is 2. The van der Waals surface area contributed by atoms with Crippen molar-refractivity contribution in [1.82, 2.24) is 15.1 Å². The number of nitrogens with zero attached hydrogens (tertiary/aromatic N) is 2. The second-order valence-electron chi connectivity index (χ2n) is 11.2. The smallest absolute Gasteiger partial charge is 0.301 e. The van der Waals surface area contributed by atoms with Gasteiger partial charge in [0.1, 0.15) is 0 Å². The first kappa shape index (κ1) is 29.9. The van der Waals surface area contributed by atoms with Gasteiger partial charge in [-0.3, -0.25) is 14.5 Å². The molecule has 2 fully saturated rings. The molecule has 10 heteroatoms. The molecule has 2 bridgehead atoms. The highest BCUT2D eigenvalue weighted by Gasteiger charge is 2.41. The van der Waals surface area contributed by atoms with Crippen LogP contribution in [0.4, 0.5) is 24.5 Å². The standard InChI is InChI=1S/C32H34ClF3N4O2/c1-39(31(42)28-7-2-3-8-29(28)37-24-6-4-5-22(15-24)32(35,36)20-34)19-30(41)38-25-16-26-13-14-27(17-25)40(26)18-21-9-11-23(33)12-10-21/h2-12,15,25-27,37H,13-14,16-20H2,1H3,(H,38,41)/t25-,26-,27+. The summed E-state index contributed by atoms with van der Waals surface area (Å²) in [5, 5.41) is 6.85. The molecule has 2 N–H and O–H groups in total. The summed E-state index contributed by atoms with van der Waals surface area (Å²) < 4.78 is 40.5. The van der Waals surface area contributed by atoms with Crippen molar-refractivity contribution in [3.05, 3.63) is 94.5 Å². The summed E-state index contributed by atoms with van der Waals surface area (Å²) in [4.78, 5) is 30.2. The van der Waals surface area contributed by atoms with E-state index in [0.29, 0.717) is 23.5 Å². The van der Waals surface area contributed by atoms with Gasteiger partial charge in [-0.25, -0.2) is 4.39 Å². The van der Waals surface area contributed by atoms with Gasteiger partial charge in [-0.05, 0) is 67.6 Å². The molecule has 2 heterocycles. The van der Waals surface area contributed by atoms with Crippen molar-refractivity contribution < 1.29 is 22.8 Å². The van der Waals surface area contributed by atoms with Gasteiger partial charge >= 0.3 is 5.92 Å². The average molecular weight is 599 g/mol. The molecule has 42 heavy (non-hydrogen) atoms. The Morgan fingerprint density at radius 2 is 1.69 bits per heavy atom. The molecule has 5 rings (SSSR count). The molecular formula is C32H34ClF3N4O2. The van der Waals surface area contributed by atoms with Gasteiger partial charge in [-0.15, -0.1) is 0 Å². The van der Waals surface area contributed by atoms with Crippen LogP contribution in [0, 0.1) is 0 Å². The average Bonchev–Trinajstić information content (AvgIpc) is 3.20. The molecule has 222 valence electrons. The normalized spacial score (nSPS) is 20.3. The Balaban J connectivity index is 1.17. The van der Waals surface area contributed by atoms with E-state index in [1.807, 2.05) is 12.1 Å². The molecule has 3 atom stereocenters. The Labute approximate surface area is 248 Å². The summed E-state index contributed by atoms with van der Waals surface area (Å²) in [6.45, 7) is -1.06. The maximum absolute atomic E-state index is 13.9. The lowest BCUT2D eigenvalue weighted by Crippen LogP contribution is -2.51. The number of rotatable bonds is 10. The van der Waals surface area contributed by atoms with Gasteiger partial charge in [0.05, 0.1) is 17.8 Å². The van der Waals surface area contributed by atoms with E-state index < -0.39 is 24.1 Å². The number of halogens is 4. The zero-order valence-electron chi connectivity index (χ0n) is 23.3. The minimum absolute atomic E-state index is 0.0450. The van der Waals surface area contributed by atoms with Crippen LogP contribution < -0.4 is 10.6 Å². The van der Waals surface area contributed by atoms with Crippen LogP contribution in [-0.4, -0.2) is 60.0 Å². The van der Waals surface area contributed by atoms with Crippen molar-refractivity contribution in [2.45, 2.75) is 56.3 Å². The zero-order valence-corrected chi connectivity index (χ0v) is 24.1. The van der Waals surface area contributed by atoms with Crippen molar-refractivity contribution >= 4 is 34.8 Å². The van der Waals surface area contributed by atoms with Crippen molar-refractivity contribution in [1.29, 1.82) is 0 Å². The largest absolute Gasteiger partial charge is 0.355 e. The minimum Gasteiger partial charge on any atom is -0.355 e. The molecule has 2 amide bonds. The highest BCUT2D eigenvalue weighted by Crippen LogP contribution is 2.37. The summed E-state index contributed by atoms with van der Waals surface area (Å²) in [5.41, 5.74) is 1.72. The predicted octanol–water partition coefficient (Wildman–Crippen LogP) is 6.53. The number of alkyl halides is 3. The predicted molar refractivity (Wildman–Crippen MR) is 158 cm³/mol. The molecule has 0 aliphatic carbocycles. The van der Waals surface area contributed by atoms with Gasteiger partial charge in [0.2, 0.25) is 5.91 Å². The highest BCUT2D eigenvalue weighted by molar-refractivity contribution is 6.30. The molecule has 0 aromatic heterocycles. The number of nitrogens with one attached hydrogen (secondary N) is 2. The summed E-state index contributed by atoms with van der Waals surface area (Å²) >= 11 is 6.03. The fourth-order valence-corrected chi connectivity index (χ4v) is 6.18. The number of piperidine rings is 1. The number of fused-ring (bicyclic) bond motifs is 2. The number of hydrogen-bond acceptors (Lipinski definition) is 4. The van der Waals surface area contributed by atoms with E-state index in [9.17, 15) is 22.8 Å². The Bertz CT molecular complexity index is 1410. The van der Waals surface area contributed by atoms with E-state index in [-0.39, 0.29) is 24.1 Å². The van der Waals surface area contributed by atoms with Crippen LogP contribution in [0.5, 0.6) is 0 Å². The van der Waals surface area contributed by atoms with Crippen LogP contribution in [0.1, 0.15) is 47.2 Å². The molecule has 6 nitrogen and oxygen atoms in total. The van der Waals surface area contributed by atoms with Gasteiger partial charge in [-0.1, -0.05) is 48.0 Å². The lowest BCUT2D eigenvalue weighted by atomic mass is 9.96. The molecule has 3 aromatic rings. The molecule has 0 radical (unpaired) electrons. The lowest BCUT2D eigenvalue weighted by molar-refractivity contribution is -0.122. The Morgan fingerprint density at radius 3 is 2.38 bits per heavy atom. The van der Waals surface area contributed by atoms with Crippen molar-refractivity contribution in [2.24, 2.45) is 0 Å². The molecular weight excluding hydrogens is 565 g/mol. The third-order valence-corrected chi connectivity index (χ3v) is 8.40. The van der Waals surface area contributed by atoms with E-state index in [1.165, 1.54) is 16.5 Å². The summed E-state index contributed by atoms with van der Waals surface area (Å²) in [7, 11) is 1.56. The first-order chi connectivity index (χ1) is 20.1. The van der Waals surface area contributed by atoms with Gasteiger partial charge < -0.3 is 15.5 Å². The number of hydrogen-bond donors (Lipinski definition) is 2. The highest BCUT2D eigenvalue weighted by atomic mass is 35.5.